The summed E-state index contributed by atoms with van der Waals surface area (Å²) >= 11 is 0. The molecule has 0 aromatic rings. The van der Waals surface area contributed by atoms with E-state index in [9.17, 15) is 4.79 Å². The van der Waals surface area contributed by atoms with Gasteiger partial charge in [-0.2, -0.15) is 0 Å². The number of guanidine groups is 1. The van der Waals surface area contributed by atoms with Gasteiger partial charge < -0.3 is 15.0 Å². The smallest absolute Gasteiger partial charge is 0.309 e. The van der Waals surface area contributed by atoms with E-state index in [0.29, 0.717) is 12.6 Å². The molecule has 1 aliphatic carbocycles. The van der Waals surface area contributed by atoms with Gasteiger partial charge in [-0.25, -0.2) is 0 Å². The van der Waals surface area contributed by atoms with Gasteiger partial charge in [-0.1, -0.05) is 0 Å². The van der Waals surface area contributed by atoms with E-state index in [1.54, 1.807) is 0 Å². The van der Waals surface area contributed by atoms with E-state index < -0.39 is 0 Å². The lowest BCUT2D eigenvalue weighted by atomic mass is 9.97. The third kappa shape index (κ3) is 6.17. The summed E-state index contributed by atoms with van der Waals surface area (Å²) in [7, 11) is 0. The molecule has 0 bridgehead atoms. The first-order valence-corrected chi connectivity index (χ1v) is 10.0. The molecule has 1 aliphatic heterocycles. The Morgan fingerprint density at radius 3 is 2.44 bits per heavy atom. The molecule has 2 rings (SSSR count). The first-order valence-electron chi connectivity index (χ1n) is 10.0. The number of aliphatic imine (C=N–C) groups is 1. The summed E-state index contributed by atoms with van der Waals surface area (Å²) in [5, 5.41) is 3.41. The fraction of sp³-hybridized carbons (Fsp3) is 0.895. The molecule has 25 heavy (non-hydrogen) atoms. The van der Waals surface area contributed by atoms with E-state index in [2.05, 4.69) is 35.9 Å². The highest BCUT2D eigenvalue weighted by Gasteiger charge is 2.30. The van der Waals surface area contributed by atoms with Gasteiger partial charge in [-0.3, -0.25) is 14.7 Å². The molecule has 0 radical (unpaired) electrons. The number of ether oxygens (including phenoxy) is 1. The Morgan fingerprint density at radius 2 is 1.92 bits per heavy atom. The van der Waals surface area contributed by atoms with E-state index in [1.165, 1.54) is 12.8 Å². The van der Waals surface area contributed by atoms with Gasteiger partial charge in [0.25, 0.3) is 0 Å². The number of piperidine rings is 1. The largest absolute Gasteiger partial charge is 0.466 e. The van der Waals surface area contributed by atoms with Crippen LogP contribution in [0.15, 0.2) is 4.99 Å². The number of hydrogen-bond acceptors (Lipinski definition) is 4. The van der Waals surface area contributed by atoms with Crippen molar-refractivity contribution in [3.8, 4) is 0 Å². The van der Waals surface area contributed by atoms with Crippen molar-refractivity contribution in [1.82, 2.24) is 15.1 Å². The highest BCUT2D eigenvalue weighted by Crippen LogP contribution is 2.28. The maximum absolute atomic E-state index is 11.9. The number of carbonyl (C=O) groups excluding carboxylic acids is 1. The van der Waals surface area contributed by atoms with Crippen LogP contribution in [-0.4, -0.2) is 73.1 Å². The summed E-state index contributed by atoms with van der Waals surface area (Å²) in [6.45, 7) is 13.4. The standard InChI is InChI=1S/C19H36N4O2/c1-5-20-19(21-11-14-23(15(3)4)17-7-8-17)22-12-9-16(10-13-22)18(24)25-6-2/h15-17H,5-14H2,1-4H3,(H,20,21). The Balaban J connectivity index is 1.84. The van der Waals surface area contributed by atoms with E-state index in [0.717, 1.165) is 57.6 Å². The van der Waals surface area contributed by atoms with E-state index in [-0.39, 0.29) is 11.9 Å². The minimum Gasteiger partial charge on any atom is -0.466 e. The predicted octanol–water partition coefficient (Wildman–Crippen LogP) is 2.10. The third-order valence-electron chi connectivity index (χ3n) is 5.05. The van der Waals surface area contributed by atoms with E-state index in [4.69, 9.17) is 9.73 Å². The topological polar surface area (TPSA) is 57.2 Å². The molecule has 6 nitrogen and oxygen atoms in total. The number of nitrogens with one attached hydrogen (secondary N) is 1. The Labute approximate surface area is 153 Å². The maximum Gasteiger partial charge on any atom is 0.309 e. The Bertz CT molecular complexity index is 439. The zero-order valence-corrected chi connectivity index (χ0v) is 16.5. The normalized spacial score (nSPS) is 19.6. The first-order chi connectivity index (χ1) is 12.1. The highest BCUT2D eigenvalue weighted by atomic mass is 16.5. The number of hydrogen-bond donors (Lipinski definition) is 1. The van der Waals surface area contributed by atoms with Crippen LogP contribution in [0.25, 0.3) is 0 Å². The van der Waals surface area contributed by atoms with Crippen molar-refractivity contribution in [2.75, 3.05) is 39.3 Å². The van der Waals surface area contributed by atoms with Crippen molar-refractivity contribution in [3.05, 3.63) is 0 Å². The molecule has 2 fully saturated rings. The second-order valence-corrected chi connectivity index (χ2v) is 7.31. The van der Waals surface area contributed by atoms with Crippen LogP contribution < -0.4 is 5.32 Å². The number of esters is 1. The van der Waals surface area contributed by atoms with E-state index >= 15 is 0 Å². The minimum absolute atomic E-state index is 0.0406. The number of nitrogens with zero attached hydrogens (tertiary/aromatic N) is 3. The molecule has 6 heteroatoms. The number of carbonyl (C=O) groups is 1. The summed E-state index contributed by atoms with van der Waals surface area (Å²) in [4.78, 5) is 21.6. The van der Waals surface area contributed by atoms with Crippen molar-refractivity contribution < 1.29 is 9.53 Å². The average Bonchev–Trinajstić information content (AvgIpc) is 3.42. The molecule has 144 valence electrons. The summed E-state index contributed by atoms with van der Waals surface area (Å²) in [5.41, 5.74) is 0. The molecular weight excluding hydrogens is 316 g/mol. The molecule has 0 unspecified atom stereocenters. The van der Waals surface area contributed by atoms with Gasteiger partial charge in [0.05, 0.1) is 19.1 Å². The first kappa shape index (κ1) is 20.0. The van der Waals surface area contributed by atoms with Crippen LogP contribution >= 0.6 is 0 Å². The SMILES string of the molecule is CCNC(=NCCN(C(C)C)C1CC1)N1CCC(C(=O)OCC)CC1. The Hall–Kier alpha value is -1.30. The van der Waals surface area contributed by atoms with Crippen LogP contribution in [0.2, 0.25) is 0 Å². The Kier molecular flexibility index (Phi) is 8.00. The van der Waals surface area contributed by atoms with Crippen molar-refractivity contribution in [3.63, 3.8) is 0 Å². The van der Waals surface area contributed by atoms with Gasteiger partial charge in [0.1, 0.15) is 0 Å². The number of likely N-dealkylation sites (tertiary alicyclic amines) is 1. The minimum atomic E-state index is -0.0406. The molecule has 1 N–H and O–H groups in total. The van der Waals surface area contributed by atoms with Crippen molar-refractivity contribution in [1.29, 1.82) is 0 Å². The monoisotopic (exact) mass is 352 g/mol. The lowest BCUT2D eigenvalue weighted by molar-refractivity contribution is -0.149. The quantitative estimate of drug-likeness (QED) is 0.412. The van der Waals surface area contributed by atoms with Crippen LogP contribution in [0.3, 0.4) is 0 Å². The lowest BCUT2D eigenvalue weighted by Gasteiger charge is -2.33. The van der Waals surface area contributed by atoms with Crippen LogP contribution in [0, 0.1) is 5.92 Å². The second-order valence-electron chi connectivity index (χ2n) is 7.31. The molecule has 0 spiro atoms. The van der Waals surface area contributed by atoms with Gasteiger partial charge in [0, 0.05) is 38.3 Å². The third-order valence-corrected chi connectivity index (χ3v) is 5.05. The summed E-state index contributed by atoms with van der Waals surface area (Å²) in [6, 6.07) is 1.36. The molecule has 2 aliphatic rings. The van der Waals surface area contributed by atoms with Crippen LogP contribution in [0.4, 0.5) is 0 Å². The van der Waals surface area contributed by atoms with E-state index in [1.807, 2.05) is 6.92 Å². The highest BCUT2D eigenvalue weighted by molar-refractivity contribution is 5.80. The second kappa shape index (κ2) is 10.00. The van der Waals surface area contributed by atoms with Crippen LogP contribution in [0.5, 0.6) is 0 Å². The van der Waals surface area contributed by atoms with Gasteiger partial charge in [0.15, 0.2) is 5.96 Å². The van der Waals surface area contributed by atoms with Crippen molar-refractivity contribution >= 4 is 11.9 Å². The molecule has 0 atom stereocenters. The molecule has 1 heterocycles. The van der Waals surface area contributed by atoms with Gasteiger partial charge in [-0.05, 0) is 53.4 Å². The van der Waals surface area contributed by atoms with Gasteiger partial charge in [0.2, 0.25) is 0 Å². The fourth-order valence-corrected chi connectivity index (χ4v) is 3.55. The molecule has 1 saturated carbocycles. The average molecular weight is 353 g/mol. The summed E-state index contributed by atoms with van der Waals surface area (Å²) < 4.78 is 5.16. The molecule has 1 saturated heterocycles. The van der Waals surface area contributed by atoms with Gasteiger partial charge in [-0.15, -0.1) is 0 Å². The molecular formula is C19H36N4O2. The number of rotatable bonds is 8. The maximum atomic E-state index is 11.9. The zero-order chi connectivity index (χ0) is 18.2. The molecule has 0 aromatic heterocycles. The Morgan fingerprint density at radius 1 is 1.24 bits per heavy atom. The fourth-order valence-electron chi connectivity index (χ4n) is 3.55. The van der Waals surface area contributed by atoms with Crippen LogP contribution in [0.1, 0.15) is 53.4 Å². The molecule has 0 aromatic carbocycles. The summed E-state index contributed by atoms with van der Waals surface area (Å²) in [5.74, 6) is 0.996. The van der Waals surface area contributed by atoms with Crippen molar-refractivity contribution in [2.24, 2.45) is 10.9 Å². The predicted molar refractivity (Wildman–Crippen MR) is 102 cm³/mol. The van der Waals surface area contributed by atoms with Crippen molar-refractivity contribution in [2.45, 2.75) is 65.5 Å². The lowest BCUT2D eigenvalue weighted by Crippen LogP contribution is -2.47. The summed E-state index contributed by atoms with van der Waals surface area (Å²) in [6.07, 6.45) is 4.37. The zero-order valence-electron chi connectivity index (χ0n) is 16.5. The van der Waals surface area contributed by atoms with Crippen LogP contribution in [-0.2, 0) is 9.53 Å². The van der Waals surface area contributed by atoms with Gasteiger partial charge >= 0.3 is 5.97 Å². The molecule has 0 amide bonds.